The van der Waals surface area contributed by atoms with Gasteiger partial charge >= 0.3 is 0 Å². The zero-order chi connectivity index (χ0) is 16.8. The van der Waals surface area contributed by atoms with Crippen LogP contribution in [0.2, 0.25) is 0 Å². The summed E-state index contributed by atoms with van der Waals surface area (Å²) in [6, 6.07) is 8.29. The van der Waals surface area contributed by atoms with Crippen molar-refractivity contribution in [2.75, 3.05) is 13.7 Å². The molecule has 2 aromatic rings. The lowest BCUT2D eigenvalue weighted by molar-refractivity contribution is -0.384. The molecule has 7 heteroatoms. The van der Waals surface area contributed by atoms with E-state index in [1.54, 1.807) is 24.3 Å². The Balaban J connectivity index is 2.18. The average Bonchev–Trinajstić information content (AvgIpc) is 3.01. The standard InChI is InChI=1S/C16H20N2O5/c1-11(7-8-19)17-10-13-4-6-16(23-13)14-5-3-12(22-2)9-15(14)18(20)21/h3-6,9,11,17,19H,7-8,10H2,1-2H3. The third kappa shape index (κ3) is 4.30. The van der Waals surface area contributed by atoms with Gasteiger partial charge in [-0.2, -0.15) is 0 Å². The maximum absolute atomic E-state index is 11.2. The van der Waals surface area contributed by atoms with Gasteiger partial charge in [-0.1, -0.05) is 0 Å². The molecule has 1 aromatic heterocycles. The zero-order valence-corrected chi connectivity index (χ0v) is 13.1. The Morgan fingerprint density at radius 3 is 2.83 bits per heavy atom. The van der Waals surface area contributed by atoms with Gasteiger partial charge in [0.25, 0.3) is 5.69 Å². The molecule has 1 unspecified atom stereocenters. The number of methoxy groups -OCH3 is 1. The molecule has 0 aliphatic heterocycles. The van der Waals surface area contributed by atoms with Crippen LogP contribution in [0.5, 0.6) is 5.75 Å². The van der Waals surface area contributed by atoms with Gasteiger partial charge in [0.15, 0.2) is 0 Å². The first-order chi connectivity index (χ1) is 11.0. The molecule has 0 radical (unpaired) electrons. The fourth-order valence-electron chi connectivity index (χ4n) is 2.19. The number of furan rings is 1. The first-order valence-corrected chi connectivity index (χ1v) is 7.31. The topological polar surface area (TPSA) is 97.8 Å². The predicted octanol–water partition coefficient (Wildman–Crippen LogP) is 2.72. The van der Waals surface area contributed by atoms with Crippen LogP contribution in [0.25, 0.3) is 11.3 Å². The highest BCUT2D eigenvalue weighted by Crippen LogP contribution is 2.34. The molecular weight excluding hydrogens is 300 g/mol. The van der Waals surface area contributed by atoms with Crippen LogP contribution in [-0.2, 0) is 6.54 Å². The summed E-state index contributed by atoms with van der Waals surface area (Å²) in [6.45, 7) is 2.58. The molecule has 0 fully saturated rings. The molecule has 0 aliphatic carbocycles. The molecule has 0 amide bonds. The molecule has 0 aliphatic rings. The second-order valence-electron chi connectivity index (χ2n) is 5.20. The van der Waals surface area contributed by atoms with Crippen LogP contribution in [0.4, 0.5) is 5.69 Å². The highest BCUT2D eigenvalue weighted by atomic mass is 16.6. The van der Waals surface area contributed by atoms with Crippen molar-refractivity contribution in [2.24, 2.45) is 0 Å². The Labute approximate surface area is 134 Å². The van der Waals surface area contributed by atoms with Crippen LogP contribution >= 0.6 is 0 Å². The second-order valence-corrected chi connectivity index (χ2v) is 5.20. The molecule has 23 heavy (non-hydrogen) atoms. The Kier molecular flexibility index (Phi) is 5.72. The minimum Gasteiger partial charge on any atom is -0.497 e. The van der Waals surface area contributed by atoms with E-state index in [1.807, 2.05) is 6.92 Å². The van der Waals surface area contributed by atoms with Gasteiger partial charge in [0, 0.05) is 12.6 Å². The Morgan fingerprint density at radius 1 is 1.39 bits per heavy atom. The Bertz CT molecular complexity index is 668. The minimum atomic E-state index is -0.457. The summed E-state index contributed by atoms with van der Waals surface area (Å²) >= 11 is 0. The van der Waals surface area contributed by atoms with Crippen LogP contribution in [0.3, 0.4) is 0 Å². The third-order valence-corrected chi connectivity index (χ3v) is 3.52. The van der Waals surface area contributed by atoms with Gasteiger partial charge in [0.1, 0.15) is 17.3 Å². The Morgan fingerprint density at radius 2 is 2.17 bits per heavy atom. The van der Waals surface area contributed by atoms with Gasteiger partial charge < -0.3 is 19.6 Å². The molecule has 1 heterocycles. The number of aliphatic hydroxyl groups excluding tert-OH is 1. The van der Waals surface area contributed by atoms with E-state index in [9.17, 15) is 10.1 Å². The van der Waals surface area contributed by atoms with E-state index in [0.29, 0.717) is 35.8 Å². The maximum Gasteiger partial charge on any atom is 0.284 e. The number of nitrogens with one attached hydrogen (secondary N) is 1. The lowest BCUT2D eigenvalue weighted by atomic mass is 10.1. The van der Waals surface area contributed by atoms with E-state index in [2.05, 4.69) is 5.32 Å². The fraction of sp³-hybridized carbons (Fsp3) is 0.375. The molecule has 7 nitrogen and oxygen atoms in total. The summed E-state index contributed by atoms with van der Waals surface area (Å²) in [6.07, 6.45) is 0.650. The molecule has 1 aromatic carbocycles. The number of hydrogen-bond acceptors (Lipinski definition) is 6. The van der Waals surface area contributed by atoms with E-state index >= 15 is 0 Å². The summed E-state index contributed by atoms with van der Waals surface area (Å²) in [5.41, 5.74) is 0.345. The van der Waals surface area contributed by atoms with Crippen molar-refractivity contribution in [1.82, 2.24) is 5.32 Å². The van der Waals surface area contributed by atoms with Crippen LogP contribution in [-0.4, -0.2) is 29.8 Å². The number of nitro groups is 1. The van der Waals surface area contributed by atoms with E-state index < -0.39 is 4.92 Å². The summed E-state index contributed by atoms with van der Waals surface area (Å²) in [5, 5.41) is 23.3. The smallest absolute Gasteiger partial charge is 0.284 e. The lowest BCUT2D eigenvalue weighted by Gasteiger charge is -2.10. The minimum absolute atomic E-state index is 0.0631. The van der Waals surface area contributed by atoms with Crippen molar-refractivity contribution in [1.29, 1.82) is 0 Å². The molecular formula is C16H20N2O5. The highest BCUT2D eigenvalue weighted by molar-refractivity contribution is 5.71. The number of nitrogens with zero attached hydrogens (tertiary/aromatic N) is 1. The fourth-order valence-corrected chi connectivity index (χ4v) is 2.19. The first kappa shape index (κ1) is 17.0. The second kappa shape index (κ2) is 7.75. The van der Waals surface area contributed by atoms with E-state index in [0.717, 1.165) is 0 Å². The zero-order valence-electron chi connectivity index (χ0n) is 13.1. The van der Waals surface area contributed by atoms with Crippen molar-refractivity contribution in [3.05, 3.63) is 46.2 Å². The monoisotopic (exact) mass is 320 g/mol. The molecule has 2 N–H and O–H groups in total. The number of ether oxygens (including phenoxy) is 1. The number of nitro benzene ring substituents is 1. The van der Waals surface area contributed by atoms with Gasteiger partial charge in [0.2, 0.25) is 0 Å². The van der Waals surface area contributed by atoms with E-state index in [4.69, 9.17) is 14.3 Å². The van der Waals surface area contributed by atoms with Crippen LogP contribution in [0.1, 0.15) is 19.1 Å². The van der Waals surface area contributed by atoms with E-state index in [-0.39, 0.29) is 18.3 Å². The SMILES string of the molecule is COc1ccc(-c2ccc(CNC(C)CCO)o2)c([N+](=O)[O-])c1. The summed E-state index contributed by atoms with van der Waals surface area (Å²) in [5.74, 6) is 1.53. The number of aliphatic hydroxyl groups is 1. The molecule has 0 spiro atoms. The van der Waals surface area contributed by atoms with Crippen LogP contribution < -0.4 is 10.1 Å². The molecule has 124 valence electrons. The van der Waals surface area contributed by atoms with Crippen molar-refractivity contribution in [3.63, 3.8) is 0 Å². The van der Waals surface area contributed by atoms with Gasteiger partial charge in [-0.3, -0.25) is 10.1 Å². The first-order valence-electron chi connectivity index (χ1n) is 7.31. The normalized spacial score (nSPS) is 12.1. The van der Waals surface area contributed by atoms with Gasteiger partial charge in [-0.05, 0) is 37.6 Å². The predicted molar refractivity (Wildman–Crippen MR) is 85.4 cm³/mol. The molecule has 0 saturated heterocycles. The van der Waals surface area contributed by atoms with Gasteiger partial charge in [0.05, 0.1) is 30.2 Å². The number of hydrogen-bond donors (Lipinski definition) is 2. The third-order valence-electron chi connectivity index (χ3n) is 3.52. The number of rotatable bonds is 8. The summed E-state index contributed by atoms with van der Waals surface area (Å²) < 4.78 is 10.7. The summed E-state index contributed by atoms with van der Waals surface area (Å²) in [7, 11) is 1.46. The van der Waals surface area contributed by atoms with Crippen molar-refractivity contribution < 1.29 is 19.2 Å². The molecule has 1 atom stereocenters. The molecule has 0 bridgehead atoms. The van der Waals surface area contributed by atoms with Crippen molar-refractivity contribution >= 4 is 5.69 Å². The summed E-state index contributed by atoms with van der Waals surface area (Å²) in [4.78, 5) is 10.8. The van der Waals surface area contributed by atoms with Gasteiger partial charge in [-0.25, -0.2) is 0 Å². The lowest BCUT2D eigenvalue weighted by Crippen LogP contribution is -2.26. The molecule has 0 saturated carbocycles. The Hall–Kier alpha value is -2.38. The molecule has 2 rings (SSSR count). The largest absolute Gasteiger partial charge is 0.497 e. The van der Waals surface area contributed by atoms with Crippen LogP contribution in [0.15, 0.2) is 34.7 Å². The van der Waals surface area contributed by atoms with Crippen molar-refractivity contribution in [3.8, 4) is 17.1 Å². The number of benzene rings is 1. The van der Waals surface area contributed by atoms with Gasteiger partial charge in [-0.15, -0.1) is 0 Å². The van der Waals surface area contributed by atoms with E-state index in [1.165, 1.54) is 13.2 Å². The average molecular weight is 320 g/mol. The quantitative estimate of drug-likeness (QED) is 0.573. The van der Waals surface area contributed by atoms with Crippen LogP contribution in [0, 0.1) is 10.1 Å². The highest BCUT2D eigenvalue weighted by Gasteiger charge is 2.19. The van der Waals surface area contributed by atoms with Crippen molar-refractivity contribution in [2.45, 2.75) is 25.9 Å². The maximum atomic E-state index is 11.2.